The average Bonchev–Trinajstić information content (AvgIpc) is 2.25. The molecule has 0 fully saturated rings. The number of hydrogen-bond donors (Lipinski definition) is 1. The van der Waals surface area contributed by atoms with Gasteiger partial charge in [0, 0.05) is 21.1 Å². The van der Waals surface area contributed by atoms with Crippen LogP contribution < -0.4 is 0 Å². The van der Waals surface area contributed by atoms with Crippen LogP contribution >= 0.6 is 28.1 Å². The zero-order valence-electron chi connectivity index (χ0n) is 10.9. The van der Waals surface area contributed by atoms with Gasteiger partial charge < -0.3 is 4.98 Å². The highest BCUT2D eigenvalue weighted by molar-refractivity contribution is 9.10. The molecule has 0 aliphatic carbocycles. The molecule has 0 aliphatic rings. The number of nitrogens with zero attached hydrogens (tertiary/aromatic N) is 1. The third-order valence-electron chi connectivity index (χ3n) is 2.69. The highest BCUT2D eigenvalue weighted by Crippen LogP contribution is 2.25. The van der Waals surface area contributed by atoms with Crippen LogP contribution in [-0.2, 0) is 5.41 Å². The Balaban J connectivity index is 2.63. The molecule has 0 spiro atoms. The Hall–Kier alpha value is -1.07. The first-order valence-electron chi connectivity index (χ1n) is 5.84. The van der Waals surface area contributed by atoms with Gasteiger partial charge in [0.05, 0.1) is 0 Å². The Kier molecular flexibility index (Phi) is 3.87. The number of halogens is 2. The van der Waals surface area contributed by atoms with E-state index in [-0.39, 0.29) is 11.2 Å². The third-order valence-corrected chi connectivity index (χ3v) is 3.35. The highest BCUT2D eigenvalue weighted by atomic mass is 79.9. The van der Waals surface area contributed by atoms with E-state index in [0.29, 0.717) is 20.5 Å². The molecule has 19 heavy (non-hydrogen) atoms. The highest BCUT2D eigenvalue weighted by Gasteiger charge is 2.16. The number of rotatable bonds is 1. The van der Waals surface area contributed by atoms with Crippen LogP contribution in [0, 0.1) is 10.5 Å². The summed E-state index contributed by atoms with van der Waals surface area (Å²) in [4.78, 5) is 7.50. The van der Waals surface area contributed by atoms with Crippen molar-refractivity contribution in [2.24, 2.45) is 0 Å². The molecule has 2 aromatic rings. The fraction of sp³-hybridized carbons (Fsp3) is 0.286. The topological polar surface area (TPSA) is 28.7 Å². The van der Waals surface area contributed by atoms with Crippen molar-refractivity contribution in [1.82, 2.24) is 9.97 Å². The van der Waals surface area contributed by atoms with E-state index in [2.05, 4.69) is 46.7 Å². The maximum absolute atomic E-state index is 13.5. The lowest BCUT2D eigenvalue weighted by atomic mass is 9.92. The van der Waals surface area contributed by atoms with Crippen LogP contribution in [0.1, 0.15) is 26.5 Å². The summed E-state index contributed by atoms with van der Waals surface area (Å²) in [6.45, 7) is 6.25. The van der Waals surface area contributed by atoms with Gasteiger partial charge in [0.1, 0.15) is 16.3 Å². The summed E-state index contributed by atoms with van der Waals surface area (Å²) in [5.41, 5.74) is 1.57. The lowest BCUT2D eigenvalue weighted by Gasteiger charge is -2.19. The van der Waals surface area contributed by atoms with Crippen molar-refractivity contribution in [3.05, 3.63) is 44.9 Å². The number of H-pyrrole nitrogens is 1. The van der Waals surface area contributed by atoms with Crippen LogP contribution in [0.5, 0.6) is 0 Å². The maximum atomic E-state index is 13.5. The van der Waals surface area contributed by atoms with Crippen LogP contribution in [-0.4, -0.2) is 9.97 Å². The van der Waals surface area contributed by atoms with Crippen molar-refractivity contribution < 1.29 is 4.39 Å². The summed E-state index contributed by atoms with van der Waals surface area (Å²) in [6, 6.07) is 6.49. The molecule has 0 saturated heterocycles. The summed E-state index contributed by atoms with van der Waals surface area (Å²) in [7, 11) is 0. The van der Waals surface area contributed by atoms with Crippen LogP contribution in [0.2, 0.25) is 0 Å². The predicted octanol–water partition coefficient (Wildman–Crippen LogP) is 5.01. The van der Waals surface area contributed by atoms with Gasteiger partial charge in [0.2, 0.25) is 0 Å². The first-order valence-corrected chi connectivity index (χ1v) is 7.04. The molecule has 0 aliphatic heterocycles. The molecule has 1 heterocycles. The second-order valence-electron chi connectivity index (χ2n) is 5.39. The minimum absolute atomic E-state index is 0.0736. The average molecular weight is 341 g/mol. The second kappa shape index (κ2) is 5.13. The Bertz CT molecular complexity index is 654. The molecule has 1 aromatic heterocycles. The van der Waals surface area contributed by atoms with Gasteiger partial charge in [-0.25, -0.2) is 9.37 Å². The summed E-state index contributed by atoms with van der Waals surface area (Å²) >= 11 is 8.46. The van der Waals surface area contributed by atoms with E-state index in [1.165, 1.54) is 12.1 Å². The lowest BCUT2D eigenvalue weighted by Crippen LogP contribution is -2.14. The van der Waals surface area contributed by atoms with Crippen LogP contribution in [0.3, 0.4) is 0 Å². The molecule has 0 bridgehead atoms. The molecule has 2 rings (SSSR count). The molecule has 1 aromatic carbocycles. The van der Waals surface area contributed by atoms with Crippen molar-refractivity contribution in [3.8, 4) is 11.4 Å². The summed E-state index contributed by atoms with van der Waals surface area (Å²) in [5.74, 6) is 0.268. The van der Waals surface area contributed by atoms with Crippen LogP contribution in [0.15, 0.2) is 28.7 Å². The van der Waals surface area contributed by atoms with Gasteiger partial charge in [-0.3, -0.25) is 0 Å². The molecule has 5 heteroatoms. The van der Waals surface area contributed by atoms with Crippen molar-refractivity contribution in [1.29, 1.82) is 0 Å². The van der Waals surface area contributed by atoms with E-state index in [1.807, 2.05) is 12.1 Å². The van der Waals surface area contributed by atoms with E-state index in [1.54, 1.807) is 0 Å². The van der Waals surface area contributed by atoms with Gasteiger partial charge >= 0.3 is 0 Å². The fourth-order valence-corrected chi connectivity index (χ4v) is 2.36. The Morgan fingerprint density at radius 3 is 2.47 bits per heavy atom. The monoisotopic (exact) mass is 340 g/mol. The van der Waals surface area contributed by atoms with E-state index < -0.39 is 0 Å². The van der Waals surface area contributed by atoms with Gasteiger partial charge in [0.25, 0.3) is 0 Å². The van der Waals surface area contributed by atoms with E-state index in [0.717, 1.165) is 5.69 Å². The summed E-state index contributed by atoms with van der Waals surface area (Å²) in [6.07, 6.45) is 0. The standard InChI is InChI=1S/C14H14BrFN2S/c1-14(2,3)11-7-12(19)18-13(17-11)8-4-9(15)6-10(16)5-8/h4-7H,1-3H3,(H,17,18,19). The normalized spacial score (nSPS) is 11.6. The number of aromatic nitrogens is 2. The van der Waals surface area contributed by atoms with E-state index >= 15 is 0 Å². The summed E-state index contributed by atoms with van der Waals surface area (Å²) < 4.78 is 14.6. The first kappa shape index (κ1) is 14.3. The SMILES string of the molecule is CC(C)(C)c1cc(=S)nc(-c2cc(F)cc(Br)c2)[nH]1. The van der Waals surface area contributed by atoms with Crippen molar-refractivity contribution in [2.75, 3.05) is 0 Å². The molecule has 0 radical (unpaired) electrons. The number of hydrogen-bond acceptors (Lipinski definition) is 2. The molecule has 2 nitrogen and oxygen atoms in total. The van der Waals surface area contributed by atoms with Gasteiger partial charge in [-0.1, -0.05) is 48.9 Å². The largest absolute Gasteiger partial charge is 0.343 e. The fourth-order valence-electron chi connectivity index (χ4n) is 1.69. The predicted molar refractivity (Wildman–Crippen MR) is 81.2 cm³/mol. The molecule has 0 saturated carbocycles. The van der Waals surface area contributed by atoms with E-state index in [4.69, 9.17) is 12.2 Å². The van der Waals surface area contributed by atoms with Gasteiger partial charge in [0.15, 0.2) is 0 Å². The Labute approximate surface area is 125 Å². The van der Waals surface area contributed by atoms with Gasteiger partial charge in [-0.05, 0) is 24.3 Å². The van der Waals surface area contributed by atoms with E-state index in [9.17, 15) is 4.39 Å². The minimum atomic E-state index is -0.313. The molecular formula is C14H14BrFN2S. The van der Waals surface area contributed by atoms with Crippen LogP contribution in [0.25, 0.3) is 11.4 Å². The third kappa shape index (κ3) is 3.48. The second-order valence-corrected chi connectivity index (χ2v) is 6.72. The first-order chi connectivity index (χ1) is 8.75. The van der Waals surface area contributed by atoms with Crippen molar-refractivity contribution in [3.63, 3.8) is 0 Å². The molecule has 100 valence electrons. The number of nitrogens with one attached hydrogen (secondary N) is 1. The molecule has 1 N–H and O–H groups in total. The molecular weight excluding hydrogens is 327 g/mol. The smallest absolute Gasteiger partial charge is 0.139 e. The maximum Gasteiger partial charge on any atom is 0.139 e. The quantitative estimate of drug-likeness (QED) is 0.739. The number of benzene rings is 1. The van der Waals surface area contributed by atoms with Crippen molar-refractivity contribution in [2.45, 2.75) is 26.2 Å². The zero-order valence-corrected chi connectivity index (χ0v) is 13.3. The summed E-state index contributed by atoms with van der Waals surface area (Å²) in [5, 5.41) is 0. The minimum Gasteiger partial charge on any atom is -0.343 e. The van der Waals surface area contributed by atoms with Gasteiger partial charge in [-0.15, -0.1) is 0 Å². The van der Waals surface area contributed by atoms with Crippen molar-refractivity contribution >= 4 is 28.1 Å². The zero-order chi connectivity index (χ0) is 14.2. The lowest BCUT2D eigenvalue weighted by molar-refractivity contribution is 0.567. The molecule has 0 amide bonds. The Morgan fingerprint density at radius 1 is 1.21 bits per heavy atom. The number of aromatic amines is 1. The molecule has 0 unspecified atom stereocenters. The van der Waals surface area contributed by atoms with Crippen LogP contribution in [0.4, 0.5) is 4.39 Å². The Morgan fingerprint density at radius 2 is 1.89 bits per heavy atom. The van der Waals surface area contributed by atoms with Gasteiger partial charge in [-0.2, -0.15) is 0 Å². The molecule has 0 atom stereocenters.